The van der Waals surface area contributed by atoms with Crippen LogP contribution in [0, 0.1) is 0 Å². The summed E-state index contributed by atoms with van der Waals surface area (Å²) in [5.74, 6) is 2.28. The van der Waals surface area contributed by atoms with Crippen LogP contribution < -0.4 is 5.32 Å². The van der Waals surface area contributed by atoms with E-state index >= 15 is 0 Å². The maximum absolute atomic E-state index is 11.6. The smallest absolute Gasteiger partial charge is 0.248 e. The molecule has 4 nitrogen and oxygen atoms in total. The van der Waals surface area contributed by atoms with Crippen molar-refractivity contribution in [3.05, 3.63) is 0 Å². The molecule has 5 heteroatoms. The number of carbonyl (C=O) groups excluding carboxylic acids is 1. The third kappa shape index (κ3) is 2.62. The number of hydrogen-bond acceptors (Lipinski definition) is 4. The average molecular weight is 216 g/mol. The van der Waals surface area contributed by atoms with Gasteiger partial charge in [-0.2, -0.15) is 11.8 Å². The molecule has 2 heterocycles. The van der Waals surface area contributed by atoms with Gasteiger partial charge < -0.3 is 15.0 Å². The monoisotopic (exact) mass is 216 g/mol. The Morgan fingerprint density at radius 3 is 2.71 bits per heavy atom. The summed E-state index contributed by atoms with van der Waals surface area (Å²) in [6.07, 6.45) is 0.262. The molecule has 0 aromatic heterocycles. The zero-order valence-electron chi connectivity index (χ0n) is 8.20. The molecule has 2 aliphatic heterocycles. The van der Waals surface area contributed by atoms with E-state index in [0.717, 1.165) is 37.7 Å². The molecule has 0 atom stereocenters. The van der Waals surface area contributed by atoms with Gasteiger partial charge in [0.2, 0.25) is 5.91 Å². The number of nitrogens with one attached hydrogen (secondary N) is 1. The molecule has 1 N–H and O–H groups in total. The number of thioether (sulfide) groups is 1. The zero-order valence-corrected chi connectivity index (χ0v) is 9.02. The SMILES string of the molecule is O=C(COC1CNC1)N1CCSCC1. The van der Waals surface area contributed by atoms with Gasteiger partial charge in [0, 0.05) is 37.7 Å². The van der Waals surface area contributed by atoms with E-state index in [-0.39, 0.29) is 18.6 Å². The molecule has 0 aromatic rings. The zero-order chi connectivity index (χ0) is 9.80. The first-order valence-electron chi connectivity index (χ1n) is 5.04. The molecule has 0 aromatic carbocycles. The molecule has 0 bridgehead atoms. The quantitative estimate of drug-likeness (QED) is 0.694. The second kappa shape index (κ2) is 5.00. The summed E-state index contributed by atoms with van der Waals surface area (Å²) in [5.41, 5.74) is 0. The van der Waals surface area contributed by atoms with Crippen molar-refractivity contribution in [1.82, 2.24) is 10.2 Å². The maximum Gasteiger partial charge on any atom is 0.248 e. The van der Waals surface area contributed by atoms with Crippen LogP contribution >= 0.6 is 11.8 Å². The first-order valence-corrected chi connectivity index (χ1v) is 6.19. The minimum Gasteiger partial charge on any atom is -0.366 e. The van der Waals surface area contributed by atoms with Crippen molar-refractivity contribution in [1.29, 1.82) is 0 Å². The molecule has 2 fully saturated rings. The molecule has 2 rings (SSSR count). The molecule has 14 heavy (non-hydrogen) atoms. The summed E-state index contributed by atoms with van der Waals surface area (Å²) in [6.45, 7) is 3.81. The van der Waals surface area contributed by atoms with E-state index in [2.05, 4.69) is 5.32 Å². The number of ether oxygens (including phenoxy) is 1. The predicted molar refractivity (Wildman–Crippen MR) is 56.5 cm³/mol. The van der Waals surface area contributed by atoms with Crippen molar-refractivity contribution in [2.24, 2.45) is 0 Å². The second-order valence-corrected chi connectivity index (χ2v) is 4.81. The van der Waals surface area contributed by atoms with Gasteiger partial charge in [0.25, 0.3) is 0 Å². The van der Waals surface area contributed by atoms with Crippen LogP contribution in [0.2, 0.25) is 0 Å². The van der Waals surface area contributed by atoms with Crippen molar-refractivity contribution in [2.45, 2.75) is 6.10 Å². The Hall–Kier alpha value is -0.260. The topological polar surface area (TPSA) is 41.6 Å². The molecule has 0 radical (unpaired) electrons. The van der Waals surface area contributed by atoms with Crippen LogP contribution in [0.1, 0.15) is 0 Å². The highest BCUT2D eigenvalue weighted by molar-refractivity contribution is 7.99. The van der Waals surface area contributed by atoms with Crippen molar-refractivity contribution >= 4 is 17.7 Å². The predicted octanol–water partition coefficient (Wildman–Crippen LogP) is -0.450. The number of hydrogen-bond donors (Lipinski definition) is 1. The molecule has 0 unspecified atom stereocenters. The van der Waals surface area contributed by atoms with Crippen LogP contribution in [-0.2, 0) is 9.53 Å². The van der Waals surface area contributed by atoms with Crippen molar-refractivity contribution in [2.75, 3.05) is 44.3 Å². The van der Waals surface area contributed by atoms with Gasteiger partial charge in [-0.1, -0.05) is 0 Å². The summed E-state index contributed by atoms with van der Waals surface area (Å²) >= 11 is 1.91. The lowest BCUT2D eigenvalue weighted by Gasteiger charge is -2.30. The fourth-order valence-corrected chi connectivity index (χ4v) is 2.38. The van der Waals surface area contributed by atoms with Gasteiger partial charge in [-0.05, 0) is 0 Å². The molecule has 2 aliphatic rings. The van der Waals surface area contributed by atoms with Gasteiger partial charge in [0.05, 0.1) is 6.10 Å². The third-order valence-electron chi connectivity index (χ3n) is 2.55. The first-order chi connectivity index (χ1) is 6.86. The van der Waals surface area contributed by atoms with Gasteiger partial charge in [-0.15, -0.1) is 0 Å². The highest BCUT2D eigenvalue weighted by Gasteiger charge is 2.21. The molecule has 0 aliphatic carbocycles. The lowest BCUT2D eigenvalue weighted by atomic mass is 10.2. The number of carbonyl (C=O) groups is 1. The summed E-state index contributed by atoms with van der Waals surface area (Å²) in [4.78, 5) is 13.5. The van der Waals surface area contributed by atoms with Crippen LogP contribution in [0.25, 0.3) is 0 Å². The largest absolute Gasteiger partial charge is 0.366 e. The number of amides is 1. The van der Waals surface area contributed by atoms with Gasteiger partial charge in [0.1, 0.15) is 6.61 Å². The van der Waals surface area contributed by atoms with Crippen LogP contribution in [-0.4, -0.2) is 61.2 Å². The van der Waals surface area contributed by atoms with E-state index in [4.69, 9.17) is 4.74 Å². The van der Waals surface area contributed by atoms with Gasteiger partial charge >= 0.3 is 0 Å². The summed E-state index contributed by atoms with van der Waals surface area (Å²) < 4.78 is 5.43. The molecule has 80 valence electrons. The van der Waals surface area contributed by atoms with Crippen LogP contribution in [0.3, 0.4) is 0 Å². The molecule has 1 amide bonds. The molecule has 2 saturated heterocycles. The van der Waals surface area contributed by atoms with E-state index in [9.17, 15) is 4.79 Å². The molecule has 0 spiro atoms. The Bertz CT molecular complexity index is 203. The fraction of sp³-hybridized carbons (Fsp3) is 0.889. The number of rotatable bonds is 3. The first kappa shape index (κ1) is 10.3. The van der Waals surface area contributed by atoms with E-state index in [1.165, 1.54) is 0 Å². The third-order valence-corrected chi connectivity index (χ3v) is 3.49. The van der Waals surface area contributed by atoms with Gasteiger partial charge in [-0.3, -0.25) is 4.79 Å². The number of nitrogens with zero attached hydrogens (tertiary/aromatic N) is 1. The van der Waals surface area contributed by atoms with Crippen molar-refractivity contribution < 1.29 is 9.53 Å². The Morgan fingerprint density at radius 2 is 2.14 bits per heavy atom. The average Bonchev–Trinajstić information content (AvgIpc) is 2.16. The van der Waals surface area contributed by atoms with Gasteiger partial charge in [-0.25, -0.2) is 0 Å². The van der Waals surface area contributed by atoms with Crippen molar-refractivity contribution in [3.8, 4) is 0 Å². The second-order valence-electron chi connectivity index (χ2n) is 3.58. The van der Waals surface area contributed by atoms with Crippen LogP contribution in [0.15, 0.2) is 0 Å². The summed E-state index contributed by atoms with van der Waals surface area (Å²) in [5, 5.41) is 3.11. The van der Waals surface area contributed by atoms with E-state index in [0.29, 0.717) is 0 Å². The fourth-order valence-electron chi connectivity index (χ4n) is 1.47. The van der Waals surface area contributed by atoms with Crippen LogP contribution in [0.4, 0.5) is 0 Å². The molecule has 0 saturated carbocycles. The lowest BCUT2D eigenvalue weighted by Crippen LogP contribution is -2.50. The molecular weight excluding hydrogens is 200 g/mol. The van der Waals surface area contributed by atoms with E-state index < -0.39 is 0 Å². The summed E-state index contributed by atoms with van der Waals surface area (Å²) in [6, 6.07) is 0. The highest BCUT2D eigenvalue weighted by Crippen LogP contribution is 2.09. The van der Waals surface area contributed by atoms with Crippen molar-refractivity contribution in [3.63, 3.8) is 0 Å². The van der Waals surface area contributed by atoms with E-state index in [1.807, 2.05) is 16.7 Å². The maximum atomic E-state index is 11.6. The minimum absolute atomic E-state index is 0.150. The van der Waals surface area contributed by atoms with Gasteiger partial charge in [0.15, 0.2) is 0 Å². The Kier molecular flexibility index (Phi) is 3.67. The Morgan fingerprint density at radius 1 is 1.43 bits per heavy atom. The highest BCUT2D eigenvalue weighted by atomic mass is 32.2. The van der Waals surface area contributed by atoms with E-state index in [1.54, 1.807) is 0 Å². The van der Waals surface area contributed by atoms with Crippen LogP contribution in [0.5, 0.6) is 0 Å². The normalized spacial score (nSPS) is 23.3. The minimum atomic E-state index is 0.150. The summed E-state index contributed by atoms with van der Waals surface area (Å²) in [7, 11) is 0. The Labute approximate surface area is 88.4 Å². The lowest BCUT2D eigenvalue weighted by molar-refractivity contribution is -0.138. The Balaban J connectivity index is 1.65. The molecular formula is C9H16N2O2S. The standard InChI is InChI=1S/C9H16N2O2S/c12-9(7-13-8-5-10-6-8)11-1-3-14-4-2-11/h8,10H,1-7H2.